The molecule has 1 aliphatic carbocycles. The molecule has 1 aliphatic rings. The number of aliphatic hydroxyl groups is 3. The molecule has 0 radical (unpaired) electrons. The van der Waals surface area contributed by atoms with E-state index in [-0.39, 0.29) is 6.42 Å². The minimum absolute atomic E-state index is 0.204. The highest BCUT2D eigenvalue weighted by Crippen LogP contribution is 2.41. The van der Waals surface area contributed by atoms with Crippen LogP contribution in [0.3, 0.4) is 0 Å². The molecule has 0 spiro atoms. The Bertz CT molecular complexity index is 325. The number of carboxylic acids is 1. The van der Waals surface area contributed by atoms with Gasteiger partial charge in [-0.15, -0.1) is 0 Å². The lowest BCUT2D eigenvalue weighted by molar-refractivity contribution is -0.152. The van der Waals surface area contributed by atoms with E-state index < -0.39 is 42.7 Å². The Morgan fingerprint density at radius 2 is 1.53 bits per heavy atom. The van der Waals surface area contributed by atoms with Crippen LogP contribution in [-0.4, -0.2) is 57.7 Å². The van der Waals surface area contributed by atoms with E-state index >= 15 is 0 Å². The molecular formula is C12H21NO6. The van der Waals surface area contributed by atoms with E-state index in [1.807, 2.05) is 0 Å². The first-order valence-electron chi connectivity index (χ1n) is 6.31. The van der Waals surface area contributed by atoms with Crippen molar-refractivity contribution in [2.75, 3.05) is 19.8 Å². The highest BCUT2D eigenvalue weighted by atomic mass is 16.4. The van der Waals surface area contributed by atoms with Crippen LogP contribution in [0.2, 0.25) is 0 Å². The molecule has 0 saturated heterocycles. The lowest BCUT2D eigenvalue weighted by Crippen LogP contribution is -2.57. The van der Waals surface area contributed by atoms with Gasteiger partial charge in [0, 0.05) is 6.42 Å². The molecule has 5 N–H and O–H groups in total. The molecule has 0 aromatic heterocycles. The molecule has 0 atom stereocenters. The molecule has 1 amide bonds. The highest BCUT2D eigenvalue weighted by molar-refractivity contribution is 5.85. The van der Waals surface area contributed by atoms with Gasteiger partial charge < -0.3 is 25.7 Å². The number of carboxylic acid groups (broad SMARTS) is 1. The standard InChI is InChI=1S/C12H21NO6/c14-6-12(7-15,8-16)13-9(17)5-11(10(18)19)3-1-2-4-11/h14-16H,1-8H2,(H,13,17)(H,18,19). The van der Waals surface area contributed by atoms with E-state index in [1.165, 1.54) is 0 Å². The monoisotopic (exact) mass is 275 g/mol. The molecule has 19 heavy (non-hydrogen) atoms. The third kappa shape index (κ3) is 3.43. The number of amides is 1. The first-order valence-corrected chi connectivity index (χ1v) is 6.31. The third-order valence-corrected chi connectivity index (χ3v) is 3.83. The zero-order valence-electron chi connectivity index (χ0n) is 10.8. The Balaban J connectivity index is 2.71. The van der Waals surface area contributed by atoms with Gasteiger partial charge in [-0.3, -0.25) is 9.59 Å². The number of rotatable bonds is 7. The summed E-state index contributed by atoms with van der Waals surface area (Å²) in [6.45, 7) is -1.86. The van der Waals surface area contributed by atoms with Crippen molar-refractivity contribution in [1.82, 2.24) is 5.32 Å². The Morgan fingerprint density at radius 3 is 1.89 bits per heavy atom. The second-order valence-electron chi connectivity index (χ2n) is 5.27. The van der Waals surface area contributed by atoms with Crippen molar-refractivity contribution in [3.8, 4) is 0 Å². The van der Waals surface area contributed by atoms with E-state index in [2.05, 4.69) is 5.32 Å². The number of aliphatic hydroxyl groups excluding tert-OH is 3. The number of hydrogen-bond acceptors (Lipinski definition) is 5. The second-order valence-corrected chi connectivity index (χ2v) is 5.27. The van der Waals surface area contributed by atoms with Crippen LogP contribution in [0.15, 0.2) is 0 Å². The zero-order chi connectivity index (χ0) is 14.5. The fraction of sp³-hybridized carbons (Fsp3) is 0.833. The van der Waals surface area contributed by atoms with Crippen molar-refractivity contribution < 1.29 is 30.0 Å². The lowest BCUT2D eigenvalue weighted by atomic mass is 9.82. The maximum absolute atomic E-state index is 11.9. The summed E-state index contributed by atoms with van der Waals surface area (Å²) in [7, 11) is 0. The summed E-state index contributed by atoms with van der Waals surface area (Å²) in [5.41, 5.74) is -2.56. The van der Waals surface area contributed by atoms with Gasteiger partial charge in [0.15, 0.2) is 0 Å². The van der Waals surface area contributed by atoms with Crippen molar-refractivity contribution in [3.05, 3.63) is 0 Å². The van der Waals surface area contributed by atoms with Crippen LogP contribution < -0.4 is 5.32 Å². The molecule has 1 rings (SSSR count). The first kappa shape index (κ1) is 15.9. The fourth-order valence-corrected chi connectivity index (χ4v) is 2.43. The van der Waals surface area contributed by atoms with Crippen LogP contribution in [0.4, 0.5) is 0 Å². The van der Waals surface area contributed by atoms with Gasteiger partial charge in [0.1, 0.15) is 5.54 Å². The van der Waals surface area contributed by atoms with Gasteiger partial charge in [-0.25, -0.2) is 0 Å². The van der Waals surface area contributed by atoms with Crippen LogP contribution >= 0.6 is 0 Å². The van der Waals surface area contributed by atoms with Crippen molar-refractivity contribution in [2.24, 2.45) is 5.41 Å². The summed E-state index contributed by atoms with van der Waals surface area (Å²) in [6.07, 6.45) is 2.22. The minimum Gasteiger partial charge on any atom is -0.481 e. The minimum atomic E-state index is -1.50. The number of carbonyl (C=O) groups excluding carboxylic acids is 1. The van der Waals surface area contributed by atoms with Gasteiger partial charge >= 0.3 is 5.97 Å². The molecular weight excluding hydrogens is 254 g/mol. The predicted molar refractivity (Wildman–Crippen MR) is 65.3 cm³/mol. The third-order valence-electron chi connectivity index (χ3n) is 3.83. The SMILES string of the molecule is O=C(CC1(C(=O)O)CCCC1)NC(CO)(CO)CO. The van der Waals surface area contributed by atoms with E-state index in [4.69, 9.17) is 15.3 Å². The quantitative estimate of drug-likeness (QED) is 0.399. The summed E-state index contributed by atoms with van der Waals surface area (Å²) >= 11 is 0. The molecule has 7 nitrogen and oxygen atoms in total. The van der Waals surface area contributed by atoms with Gasteiger partial charge in [0.05, 0.1) is 25.2 Å². The second kappa shape index (κ2) is 6.31. The Labute approximate surface area is 111 Å². The van der Waals surface area contributed by atoms with Crippen LogP contribution in [0.25, 0.3) is 0 Å². The Hall–Kier alpha value is -1.18. The average molecular weight is 275 g/mol. The summed E-state index contributed by atoms with van der Waals surface area (Å²) in [5.74, 6) is -1.58. The lowest BCUT2D eigenvalue weighted by Gasteiger charge is -2.31. The van der Waals surface area contributed by atoms with Crippen LogP contribution in [0, 0.1) is 5.41 Å². The van der Waals surface area contributed by atoms with Crippen molar-refractivity contribution in [2.45, 2.75) is 37.6 Å². The molecule has 1 fully saturated rings. The van der Waals surface area contributed by atoms with Crippen LogP contribution in [0.5, 0.6) is 0 Å². The summed E-state index contributed by atoms with van der Waals surface area (Å²) in [5, 5.41) is 38.9. The molecule has 0 bridgehead atoms. The summed E-state index contributed by atoms with van der Waals surface area (Å²) < 4.78 is 0. The molecule has 0 aromatic rings. The number of hydrogen-bond donors (Lipinski definition) is 5. The topological polar surface area (TPSA) is 127 Å². The van der Waals surface area contributed by atoms with Gasteiger partial charge in [-0.1, -0.05) is 12.8 Å². The molecule has 0 heterocycles. The summed E-state index contributed by atoms with van der Waals surface area (Å²) in [6, 6.07) is 0. The predicted octanol–water partition coefficient (Wildman–Crippen LogP) is -1.15. The number of carbonyl (C=O) groups is 2. The molecule has 0 unspecified atom stereocenters. The fourth-order valence-electron chi connectivity index (χ4n) is 2.43. The molecule has 1 saturated carbocycles. The van der Waals surface area contributed by atoms with Gasteiger partial charge in [-0.2, -0.15) is 0 Å². The molecule has 7 heteroatoms. The smallest absolute Gasteiger partial charge is 0.310 e. The largest absolute Gasteiger partial charge is 0.481 e. The van der Waals surface area contributed by atoms with Crippen molar-refractivity contribution in [1.29, 1.82) is 0 Å². The molecule has 0 aliphatic heterocycles. The van der Waals surface area contributed by atoms with Crippen LogP contribution in [-0.2, 0) is 9.59 Å². The van der Waals surface area contributed by atoms with Gasteiger partial charge in [0.2, 0.25) is 5.91 Å². The molecule has 110 valence electrons. The first-order chi connectivity index (χ1) is 8.93. The van der Waals surface area contributed by atoms with E-state index in [0.29, 0.717) is 12.8 Å². The zero-order valence-corrected chi connectivity index (χ0v) is 10.8. The summed E-state index contributed by atoms with van der Waals surface area (Å²) in [4.78, 5) is 23.2. The molecule has 0 aromatic carbocycles. The van der Waals surface area contributed by atoms with E-state index in [0.717, 1.165) is 12.8 Å². The Morgan fingerprint density at radius 1 is 1.05 bits per heavy atom. The number of aliphatic carboxylic acids is 1. The van der Waals surface area contributed by atoms with E-state index in [9.17, 15) is 14.7 Å². The maximum atomic E-state index is 11.9. The Kier molecular flexibility index (Phi) is 5.28. The van der Waals surface area contributed by atoms with Crippen molar-refractivity contribution >= 4 is 11.9 Å². The maximum Gasteiger partial charge on any atom is 0.310 e. The van der Waals surface area contributed by atoms with Gasteiger partial charge in [0.25, 0.3) is 0 Å². The average Bonchev–Trinajstić information content (AvgIpc) is 2.86. The number of nitrogens with one attached hydrogen (secondary N) is 1. The highest BCUT2D eigenvalue weighted by Gasteiger charge is 2.44. The van der Waals surface area contributed by atoms with Crippen molar-refractivity contribution in [3.63, 3.8) is 0 Å². The van der Waals surface area contributed by atoms with Gasteiger partial charge in [-0.05, 0) is 12.8 Å². The van der Waals surface area contributed by atoms with Crippen LogP contribution in [0.1, 0.15) is 32.1 Å². The normalized spacial score (nSPS) is 18.3. The van der Waals surface area contributed by atoms with E-state index in [1.54, 1.807) is 0 Å².